The monoisotopic (exact) mass is 321 g/mol. The summed E-state index contributed by atoms with van der Waals surface area (Å²) < 4.78 is 7.74. The highest BCUT2D eigenvalue weighted by Gasteiger charge is 2.12. The SMILES string of the molecule is CCn1c(COc2ccccc2C)nnc1SCCC(=O)O. The average Bonchev–Trinajstić information content (AvgIpc) is 2.88. The summed E-state index contributed by atoms with van der Waals surface area (Å²) in [7, 11) is 0. The van der Waals surface area contributed by atoms with Crippen molar-refractivity contribution in [1.82, 2.24) is 14.8 Å². The molecule has 0 saturated heterocycles. The highest BCUT2D eigenvalue weighted by Crippen LogP contribution is 2.20. The van der Waals surface area contributed by atoms with Gasteiger partial charge in [0.2, 0.25) is 0 Å². The lowest BCUT2D eigenvalue weighted by atomic mass is 10.2. The Hall–Kier alpha value is -2.02. The predicted molar refractivity (Wildman–Crippen MR) is 84.2 cm³/mol. The minimum absolute atomic E-state index is 0.107. The van der Waals surface area contributed by atoms with Crippen molar-refractivity contribution in [3.63, 3.8) is 0 Å². The minimum atomic E-state index is -0.807. The summed E-state index contributed by atoms with van der Waals surface area (Å²) in [5.74, 6) is 1.24. The van der Waals surface area contributed by atoms with Gasteiger partial charge in [-0.25, -0.2) is 0 Å². The fourth-order valence-corrected chi connectivity index (χ4v) is 2.89. The summed E-state index contributed by atoms with van der Waals surface area (Å²) in [4.78, 5) is 10.6. The van der Waals surface area contributed by atoms with Crippen LogP contribution >= 0.6 is 11.8 Å². The van der Waals surface area contributed by atoms with Crippen LogP contribution < -0.4 is 4.74 Å². The number of hydrogen-bond donors (Lipinski definition) is 1. The van der Waals surface area contributed by atoms with E-state index in [-0.39, 0.29) is 6.42 Å². The van der Waals surface area contributed by atoms with Crippen LogP contribution in [0.1, 0.15) is 24.7 Å². The average molecular weight is 321 g/mol. The Morgan fingerprint density at radius 2 is 2.14 bits per heavy atom. The van der Waals surface area contributed by atoms with Crippen LogP contribution in [0, 0.1) is 6.92 Å². The number of para-hydroxylation sites is 1. The van der Waals surface area contributed by atoms with Crippen LogP contribution in [0.5, 0.6) is 5.75 Å². The Morgan fingerprint density at radius 3 is 2.82 bits per heavy atom. The van der Waals surface area contributed by atoms with Crippen molar-refractivity contribution in [3.8, 4) is 5.75 Å². The first-order valence-corrected chi connectivity index (χ1v) is 8.05. The number of hydrogen-bond acceptors (Lipinski definition) is 5. The molecule has 1 N–H and O–H groups in total. The van der Waals surface area contributed by atoms with Gasteiger partial charge in [-0.15, -0.1) is 10.2 Å². The van der Waals surface area contributed by atoms with Gasteiger partial charge in [-0.3, -0.25) is 4.79 Å². The Bertz CT molecular complexity index is 643. The highest BCUT2D eigenvalue weighted by molar-refractivity contribution is 7.99. The van der Waals surface area contributed by atoms with Crippen molar-refractivity contribution < 1.29 is 14.6 Å². The minimum Gasteiger partial charge on any atom is -0.485 e. The van der Waals surface area contributed by atoms with Gasteiger partial charge in [-0.2, -0.15) is 0 Å². The van der Waals surface area contributed by atoms with Crippen molar-refractivity contribution in [1.29, 1.82) is 0 Å². The normalized spacial score (nSPS) is 10.6. The number of rotatable bonds is 8. The maximum atomic E-state index is 10.6. The Kier molecular flexibility index (Phi) is 5.83. The molecule has 0 aliphatic heterocycles. The second-order valence-corrected chi connectivity index (χ2v) is 5.75. The van der Waals surface area contributed by atoms with Crippen LogP contribution in [-0.4, -0.2) is 31.6 Å². The standard InChI is InChI=1S/C15H19N3O3S/c1-3-18-13(10-21-12-7-5-4-6-11(12)2)16-17-15(18)22-9-8-14(19)20/h4-7H,3,8-10H2,1-2H3,(H,19,20). The van der Waals surface area contributed by atoms with E-state index >= 15 is 0 Å². The van der Waals surface area contributed by atoms with E-state index in [0.717, 1.165) is 28.8 Å². The number of aryl methyl sites for hydroxylation is 1. The molecule has 1 heterocycles. The largest absolute Gasteiger partial charge is 0.485 e. The maximum absolute atomic E-state index is 10.6. The van der Waals surface area contributed by atoms with E-state index in [0.29, 0.717) is 12.4 Å². The maximum Gasteiger partial charge on any atom is 0.304 e. The Labute approximate surface area is 133 Å². The van der Waals surface area contributed by atoms with E-state index in [1.807, 2.05) is 42.7 Å². The van der Waals surface area contributed by atoms with Crippen LogP contribution in [0.4, 0.5) is 0 Å². The molecule has 7 heteroatoms. The quantitative estimate of drug-likeness (QED) is 0.753. The summed E-state index contributed by atoms with van der Waals surface area (Å²) in [6.45, 7) is 5.05. The molecular formula is C15H19N3O3S. The fraction of sp³-hybridized carbons (Fsp3) is 0.400. The second kappa shape index (κ2) is 7.84. The van der Waals surface area contributed by atoms with E-state index < -0.39 is 5.97 Å². The molecule has 0 spiro atoms. The first-order chi connectivity index (χ1) is 10.6. The molecule has 0 fully saturated rings. The van der Waals surface area contributed by atoms with Crippen LogP contribution in [0.2, 0.25) is 0 Å². The van der Waals surface area contributed by atoms with E-state index in [9.17, 15) is 4.79 Å². The van der Waals surface area contributed by atoms with Crippen molar-refractivity contribution >= 4 is 17.7 Å². The number of carboxylic acid groups (broad SMARTS) is 1. The molecule has 22 heavy (non-hydrogen) atoms. The van der Waals surface area contributed by atoms with Crippen LogP contribution in [0.25, 0.3) is 0 Å². The molecule has 118 valence electrons. The van der Waals surface area contributed by atoms with Gasteiger partial charge in [0.1, 0.15) is 12.4 Å². The van der Waals surface area contributed by atoms with Gasteiger partial charge in [-0.05, 0) is 25.5 Å². The lowest BCUT2D eigenvalue weighted by molar-refractivity contribution is -0.136. The number of thioether (sulfide) groups is 1. The molecule has 0 aliphatic carbocycles. The van der Waals surface area contributed by atoms with Crippen LogP contribution in [-0.2, 0) is 17.9 Å². The lowest BCUT2D eigenvalue weighted by Gasteiger charge is -2.10. The molecule has 0 radical (unpaired) electrons. The summed E-state index contributed by atoms with van der Waals surface area (Å²) in [5.41, 5.74) is 1.07. The molecule has 0 saturated carbocycles. The third kappa shape index (κ3) is 4.24. The molecule has 1 aromatic heterocycles. The van der Waals surface area contributed by atoms with Gasteiger partial charge in [0.25, 0.3) is 0 Å². The van der Waals surface area contributed by atoms with E-state index in [1.165, 1.54) is 11.8 Å². The van der Waals surface area contributed by atoms with Crippen LogP contribution in [0.15, 0.2) is 29.4 Å². The molecule has 1 aromatic carbocycles. The first-order valence-electron chi connectivity index (χ1n) is 7.07. The van der Waals surface area contributed by atoms with E-state index in [4.69, 9.17) is 9.84 Å². The molecule has 6 nitrogen and oxygen atoms in total. The highest BCUT2D eigenvalue weighted by atomic mass is 32.2. The number of carboxylic acids is 1. The second-order valence-electron chi connectivity index (χ2n) is 4.69. The zero-order valence-electron chi connectivity index (χ0n) is 12.7. The summed E-state index contributed by atoms with van der Waals surface area (Å²) in [5, 5.41) is 17.7. The number of nitrogens with zero attached hydrogens (tertiary/aromatic N) is 3. The van der Waals surface area contributed by atoms with Gasteiger partial charge in [0, 0.05) is 12.3 Å². The molecule has 0 bridgehead atoms. The molecule has 2 rings (SSSR count). The van der Waals surface area contributed by atoms with Crippen molar-refractivity contribution in [2.75, 3.05) is 5.75 Å². The zero-order valence-corrected chi connectivity index (χ0v) is 13.5. The number of benzene rings is 1. The topological polar surface area (TPSA) is 77.2 Å². The van der Waals surface area contributed by atoms with Gasteiger partial charge >= 0.3 is 5.97 Å². The Morgan fingerprint density at radius 1 is 1.36 bits per heavy atom. The van der Waals surface area contributed by atoms with Gasteiger partial charge in [-0.1, -0.05) is 30.0 Å². The summed E-state index contributed by atoms with van der Waals surface area (Å²) in [6.07, 6.45) is 0.107. The predicted octanol–water partition coefficient (Wildman–Crippen LogP) is 2.75. The van der Waals surface area contributed by atoms with Crippen molar-refractivity contribution in [2.45, 2.75) is 38.6 Å². The first kappa shape index (κ1) is 16.4. The summed E-state index contributed by atoms with van der Waals surface area (Å²) in [6, 6.07) is 7.81. The third-order valence-corrected chi connectivity index (χ3v) is 4.08. The Balaban J connectivity index is 2.01. The number of aliphatic carboxylic acids is 1. The number of aromatic nitrogens is 3. The molecular weight excluding hydrogens is 302 g/mol. The fourth-order valence-electron chi connectivity index (χ4n) is 1.94. The lowest BCUT2D eigenvalue weighted by Crippen LogP contribution is -2.07. The van der Waals surface area contributed by atoms with E-state index in [1.54, 1.807) is 0 Å². The smallest absolute Gasteiger partial charge is 0.304 e. The van der Waals surface area contributed by atoms with Crippen molar-refractivity contribution in [3.05, 3.63) is 35.7 Å². The molecule has 0 atom stereocenters. The zero-order chi connectivity index (χ0) is 15.9. The van der Waals surface area contributed by atoms with E-state index in [2.05, 4.69) is 10.2 Å². The molecule has 0 aliphatic rings. The third-order valence-electron chi connectivity index (χ3n) is 3.11. The molecule has 0 unspecified atom stereocenters. The van der Waals surface area contributed by atoms with Crippen molar-refractivity contribution in [2.24, 2.45) is 0 Å². The number of ether oxygens (including phenoxy) is 1. The van der Waals surface area contributed by atoms with Gasteiger partial charge in [0.05, 0.1) is 6.42 Å². The van der Waals surface area contributed by atoms with Gasteiger partial charge in [0.15, 0.2) is 11.0 Å². The molecule has 2 aromatic rings. The van der Waals surface area contributed by atoms with Crippen LogP contribution in [0.3, 0.4) is 0 Å². The molecule has 0 amide bonds. The van der Waals surface area contributed by atoms with Gasteiger partial charge < -0.3 is 14.4 Å². The summed E-state index contributed by atoms with van der Waals surface area (Å²) >= 11 is 1.40. The number of carbonyl (C=O) groups is 1.